The van der Waals surface area contributed by atoms with E-state index in [0.717, 1.165) is 21.9 Å². The van der Waals surface area contributed by atoms with Crippen LogP contribution >= 0.6 is 0 Å². The summed E-state index contributed by atoms with van der Waals surface area (Å²) >= 11 is 0. The molecule has 0 amide bonds. The number of hydrogen-bond acceptors (Lipinski definition) is 5. The fourth-order valence-electron chi connectivity index (χ4n) is 5.27. The van der Waals surface area contributed by atoms with Crippen molar-refractivity contribution >= 4 is 55.1 Å². The van der Waals surface area contributed by atoms with Crippen molar-refractivity contribution in [3.05, 3.63) is 119 Å². The predicted molar refractivity (Wildman–Crippen MR) is 157 cm³/mol. The molecular weight excluding hydrogens is 508 g/mol. The summed E-state index contributed by atoms with van der Waals surface area (Å²) in [4.78, 5) is 16.7. The van der Waals surface area contributed by atoms with Crippen molar-refractivity contribution in [1.29, 1.82) is 10.5 Å². The van der Waals surface area contributed by atoms with Gasteiger partial charge in [0, 0.05) is 38.2 Å². The predicted octanol–water partition coefficient (Wildman–Crippen LogP) is 8.86. The van der Waals surface area contributed by atoms with Crippen molar-refractivity contribution in [3.63, 3.8) is 0 Å². The van der Waals surface area contributed by atoms with Gasteiger partial charge < -0.3 is 4.42 Å². The van der Waals surface area contributed by atoms with Crippen molar-refractivity contribution in [2.45, 2.75) is 0 Å². The van der Waals surface area contributed by atoms with Crippen LogP contribution in [0.15, 0.2) is 89.3 Å². The van der Waals surface area contributed by atoms with Gasteiger partial charge in [-0.2, -0.15) is 10.5 Å². The summed E-state index contributed by atoms with van der Waals surface area (Å²) in [6.45, 7) is 14.9. The second kappa shape index (κ2) is 9.04. The molecule has 186 valence electrons. The van der Waals surface area contributed by atoms with Crippen LogP contribution in [0, 0.1) is 35.8 Å². The third-order valence-electron chi connectivity index (χ3n) is 7.15. The standard InChI is InChI=1S/C34H14N6O/c1-37-21-15-20(18-36)22-9-11-28(40-32(22)16-21)26-7-3-5-23-24-6-4-8-27(34(24)41-33(23)26)29-12-10-25-30(38-2)13-19(17-35)14-31(25)39-29/h3-16H. The van der Waals surface area contributed by atoms with Gasteiger partial charge in [-0.1, -0.05) is 30.3 Å². The second-order valence-corrected chi connectivity index (χ2v) is 9.43. The van der Waals surface area contributed by atoms with Gasteiger partial charge in [0.05, 0.1) is 53.3 Å². The number of hydrogen-bond donors (Lipinski definition) is 0. The molecule has 7 rings (SSSR count). The molecule has 0 atom stereocenters. The molecule has 0 spiro atoms. The Kier molecular flexibility index (Phi) is 5.19. The first-order chi connectivity index (χ1) is 20.1. The summed E-state index contributed by atoms with van der Waals surface area (Å²) in [6, 6.07) is 30.0. The van der Waals surface area contributed by atoms with Gasteiger partial charge in [0.15, 0.2) is 11.4 Å². The molecule has 0 bridgehead atoms. The monoisotopic (exact) mass is 522 g/mol. The Morgan fingerprint density at radius 1 is 0.634 bits per heavy atom. The molecule has 0 aliphatic carbocycles. The fourth-order valence-corrected chi connectivity index (χ4v) is 5.27. The van der Waals surface area contributed by atoms with E-state index in [1.165, 1.54) is 0 Å². The topological polar surface area (TPSA) is 95.2 Å². The SMILES string of the molecule is [C-]#[N+]c1cc(C#N)c2ccc(-c3cccc4c3oc3c(-c5ccc6c([N+]#[C-])cc(C#N)cc6n5)cccc34)nc2c1. The number of para-hydroxylation sites is 2. The molecule has 3 heterocycles. The van der Waals surface area contributed by atoms with Crippen molar-refractivity contribution in [2.75, 3.05) is 0 Å². The number of pyridine rings is 2. The maximum absolute atomic E-state index is 9.57. The van der Waals surface area contributed by atoms with Crippen LogP contribution in [0.4, 0.5) is 11.4 Å². The molecule has 41 heavy (non-hydrogen) atoms. The third kappa shape index (κ3) is 3.63. The molecule has 0 N–H and O–H groups in total. The Hall–Kier alpha value is -6.54. The quantitative estimate of drug-likeness (QED) is 0.211. The Morgan fingerprint density at radius 2 is 1.27 bits per heavy atom. The van der Waals surface area contributed by atoms with Gasteiger partial charge in [-0.15, -0.1) is 0 Å². The van der Waals surface area contributed by atoms with Crippen LogP contribution in [0.3, 0.4) is 0 Å². The molecule has 4 aromatic carbocycles. The molecule has 0 aliphatic heterocycles. The zero-order valence-electron chi connectivity index (χ0n) is 21.2. The highest BCUT2D eigenvalue weighted by Crippen LogP contribution is 2.40. The van der Waals surface area contributed by atoms with Crippen molar-refractivity contribution in [1.82, 2.24) is 9.97 Å². The number of furan rings is 1. The van der Waals surface area contributed by atoms with E-state index in [4.69, 9.17) is 27.5 Å². The number of rotatable bonds is 2. The highest BCUT2D eigenvalue weighted by molar-refractivity contribution is 6.13. The van der Waals surface area contributed by atoms with Gasteiger partial charge in [0.2, 0.25) is 0 Å². The lowest BCUT2D eigenvalue weighted by Crippen LogP contribution is -1.88. The van der Waals surface area contributed by atoms with Gasteiger partial charge in [-0.05, 0) is 54.6 Å². The van der Waals surface area contributed by atoms with Crippen LogP contribution < -0.4 is 0 Å². The second-order valence-electron chi connectivity index (χ2n) is 9.43. The molecule has 0 unspecified atom stereocenters. The van der Waals surface area contributed by atoms with Crippen LogP contribution in [0.2, 0.25) is 0 Å². The van der Waals surface area contributed by atoms with Gasteiger partial charge in [-0.3, -0.25) is 0 Å². The zero-order valence-corrected chi connectivity index (χ0v) is 21.2. The first-order valence-corrected chi connectivity index (χ1v) is 12.5. The zero-order chi connectivity index (χ0) is 28.1. The van der Waals surface area contributed by atoms with Crippen LogP contribution in [-0.4, -0.2) is 9.97 Å². The van der Waals surface area contributed by atoms with Crippen molar-refractivity contribution in [2.24, 2.45) is 0 Å². The molecule has 0 saturated heterocycles. The van der Waals surface area contributed by atoms with Crippen LogP contribution in [0.1, 0.15) is 11.1 Å². The Bertz CT molecular complexity index is 2260. The lowest BCUT2D eigenvalue weighted by atomic mass is 10.0. The van der Waals surface area contributed by atoms with E-state index < -0.39 is 0 Å². The highest BCUT2D eigenvalue weighted by atomic mass is 16.3. The van der Waals surface area contributed by atoms with E-state index in [1.807, 2.05) is 60.7 Å². The Morgan fingerprint density at radius 3 is 1.85 bits per heavy atom. The molecule has 7 heteroatoms. The molecule has 0 aliphatic rings. The van der Waals surface area contributed by atoms with E-state index in [0.29, 0.717) is 66.9 Å². The summed E-state index contributed by atoms with van der Waals surface area (Å²) in [6.07, 6.45) is 0. The largest absolute Gasteiger partial charge is 0.455 e. The van der Waals surface area contributed by atoms with Crippen molar-refractivity contribution < 1.29 is 4.42 Å². The lowest BCUT2D eigenvalue weighted by molar-refractivity contribution is 0.670. The normalized spacial score (nSPS) is 10.8. The molecule has 3 aromatic heterocycles. The van der Waals surface area contributed by atoms with E-state index >= 15 is 0 Å². The van der Waals surface area contributed by atoms with E-state index in [1.54, 1.807) is 24.3 Å². The number of aromatic nitrogens is 2. The smallest absolute Gasteiger partial charge is 0.197 e. The average molecular weight is 523 g/mol. The lowest BCUT2D eigenvalue weighted by Gasteiger charge is -2.06. The van der Waals surface area contributed by atoms with Crippen LogP contribution in [0.25, 0.3) is 75.9 Å². The Labute approximate surface area is 233 Å². The van der Waals surface area contributed by atoms with Crippen LogP contribution in [-0.2, 0) is 0 Å². The summed E-state index contributed by atoms with van der Waals surface area (Å²) in [5, 5.41) is 22.2. The minimum absolute atomic E-state index is 0.360. The van der Waals surface area contributed by atoms with Crippen molar-refractivity contribution in [3.8, 4) is 34.7 Å². The molecule has 0 fully saturated rings. The van der Waals surface area contributed by atoms with Gasteiger partial charge in [0.1, 0.15) is 11.2 Å². The van der Waals surface area contributed by atoms with E-state index in [-0.39, 0.29) is 0 Å². The first kappa shape index (κ1) is 23.6. The molecule has 0 radical (unpaired) electrons. The summed E-state index contributed by atoms with van der Waals surface area (Å²) in [5.41, 5.74) is 6.88. The molecular formula is C34H14N6O. The number of nitrogens with zero attached hydrogens (tertiary/aromatic N) is 6. The first-order valence-electron chi connectivity index (χ1n) is 12.5. The van der Waals surface area contributed by atoms with E-state index in [9.17, 15) is 10.5 Å². The molecule has 0 saturated carbocycles. The molecule has 7 aromatic rings. The van der Waals surface area contributed by atoms with Gasteiger partial charge in [-0.25, -0.2) is 19.7 Å². The fraction of sp³-hybridized carbons (Fsp3) is 0. The summed E-state index contributed by atoms with van der Waals surface area (Å²) in [7, 11) is 0. The average Bonchev–Trinajstić information content (AvgIpc) is 3.42. The summed E-state index contributed by atoms with van der Waals surface area (Å²) in [5.74, 6) is 0. The maximum Gasteiger partial charge on any atom is 0.197 e. The maximum atomic E-state index is 9.57. The Balaban J connectivity index is 1.44. The van der Waals surface area contributed by atoms with Crippen LogP contribution in [0.5, 0.6) is 0 Å². The summed E-state index contributed by atoms with van der Waals surface area (Å²) < 4.78 is 6.55. The number of fused-ring (bicyclic) bond motifs is 5. The van der Waals surface area contributed by atoms with Gasteiger partial charge in [0.25, 0.3) is 0 Å². The van der Waals surface area contributed by atoms with E-state index in [2.05, 4.69) is 21.8 Å². The minimum Gasteiger partial charge on any atom is -0.455 e. The molecule has 7 nitrogen and oxygen atoms in total. The highest BCUT2D eigenvalue weighted by Gasteiger charge is 2.18. The number of nitriles is 2. The third-order valence-corrected chi connectivity index (χ3v) is 7.15. The van der Waals surface area contributed by atoms with Gasteiger partial charge >= 0.3 is 0 Å². The number of benzene rings is 4. The minimum atomic E-state index is 0.360.